The number of amides is 1. The largest absolute Gasteiger partial charge is 0.490 e. The van der Waals surface area contributed by atoms with Gasteiger partial charge in [-0.25, -0.2) is 14.8 Å². The van der Waals surface area contributed by atoms with E-state index in [1.54, 1.807) is 13.8 Å². The van der Waals surface area contributed by atoms with Gasteiger partial charge in [0, 0.05) is 19.5 Å². The van der Waals surface area contributed by atoms with Crippen molar-refractivity contribution in [1.29, 1.82) is 0 Å². The maximum atomic E-state index is 13.9. The summed E-state index contributed by atoms with van der Waals surface area (Å²) in [5.41, 5.74) is -5.00. The average Bonchev–Trinajstić information content (AvgIpc) is 3.41. The van der Waals surface area contributed by atoms with Crippen LogP contribution in [-0.4, -0.2) is 47.9 Å². The zero-order valence-corrected chi connectivity index (χ0v) is 26.6. The minimum atomic E-state index is -5.16. The molecule has 0 saturated carbocycles. The van der Waals surface area contributed by atoms with Crippen LogP contribution in [0.2, 0.25) is 0 Å². The van der Waals surface area contributed by atoms with Crippen molar-refractivity contribution in [2.75, 3.05) is 29.6 Å². The molecule has 0 radical (unpaired) electrons. The molecule has 0 N–H and O–H groups in total. The molecule has 0 aliphatic carbocycles. The SMILES string of the molecule is CCOC(=O)CCCOc1cnc(N(Cc2cc(C(F)(F)F)cc(C(F)(F)F)c2)Cc2cc(C(F)(F)F)ccc2N2C(=O)OCC2CC)nc1. The second-order valence-electron chi connectivity index (χ2n) is 11.1. The van der Waals surface area contributed by atoms with E-state index in [0.717, 1.165) is 40.4 Å². The van der Waals surface area contributed by atoms with Crippen LogP contribution in [0.25, 0.3) is 0 Å². The van der Waals surface area contributed by atoms with E-state index >= 15 is 0 Å². The number of alkyl halides is 9. The van der Waals surface area contributed by atoms with Crippen molar-refractivity contribution in [3.05, 3.63) is 76.6 Å². The van der Waals surface area contributed by atoms with Gasteiger partial charge in [0.05, 0.1) is 54.0 Å². The molecule has 2 heterocycles. The first kappa shape index (κ1) is 38.0. The summed E-state index contributed by atoms with van der Waals surface area (Å²) < 4.78 is 139. The lowest BCUT2D eigenvalue weighted by Gasteiger charge is -2.28. The molecular weight excluding hydrogens is 691 g/mol. The van der Waals surface area contributed by atoms with Crippen LogP contribution < -0.4 is 14.5 Å². The smallest absolute Gasteiger partial charge is 0.416 e. The van der Waals surface area contributed by atoms with Crippen LogP contribution in [0.4, 0.5) is 55.9 Å². The van der Waals surface area contributed by atoms with E-state index in [1.807, 2.05) is 0 Å². The lowest BCUT2D eigenvalue weighted by atomic mass is 10.0. The number of ether oxygens (including phenoxy) is 3. The number of carbonyl (C=O) groups excluding carboxylic acids is 2. The first-order valence-corrected chi connectivity index (χ1v) is 15.2. The van der Waals surface area contributed by atoms with Crippen LogP contribution in [0.5, 0.6) is 5.75 Å². The third-order valence-corrected chi connectivity index (χ3v) is 7.48. The zero-order valence-electron chi connectivity index (χ0n) is 26.6. The molecule has 0 spiro atoms. The Labute approximate surface area is 279 Å². The highest BCUT2D eigenvalue weighted by atomic mass is 19.4. The first-order valence-electron chi connectivity index (χ1n) is 15.2. The number of anilines is 2. The van der Waals surface area contributed by atoms with Gasteiger partial charge in [-0.15, -0.1) is 0 Å². The molecule has 2 aromatic carbocycles. The minimum absolute atomic E-state index is 0.0149. The summed E-state index contributed by atoms with van der Waals surface area (Å²) in [6, 6.07) is 2.88. The Balaban J connectivity index is 1.76. The van der Waals surface area contributed by atoms with E-state index in [4.69, 9.17) is 14.2 Å². The Bertz CT molecular complexity index is 1610. The van der Waals surface area contributed by atoms with Crippen LogP contribution in [0, 0.1) is 0 Å². The van der Waals surface area contributed by atoms with Gasteiger partial charge in [0.1, 0.15) is 6.61 Å². The van der Waals surface area contributed by atoms with Gasteiger partial charge in [0.25, 0.3) is 0 Å². The maximum Gasteiger partial charge on any atom is 0.416 e. The van der Waals surface area contributed by atoms with Crippen LogP contribution in [0.3, 0.4) is 0 Å². The van der Waals surface area contributed by atoms with E-state index in [0.29, 0.717) is 18.6 Å². The summed E-state index contributed by atoms with van der Waals surface area (Å²) in [7, 11) is 0. The molecule has 1 aliphatic rings. The van der Waals surface area contributed by atoms with Crippen molar-refractivity contribution in [2.45, 2.75) is 70.8 Å². The van der Waals surface area contributed by atoms with Gasteiger partial charge in [0.15, 0.2) is 5.75 Å². The highest BCUT2D eigenvalue weighted by Crippen LogP contribution is 2.39. The molecule has 50 heavy (non-hydrogen) atoms. The zero-order chi connectivity index (χ0) is 36.9. The molecule has 1 fully saturated rings. The van der Waals surface area contributed by atoms with E-state index < -0.39 is 72.0 Å². The first-order chi connectivity index (χ1) is 23.4. The number of hydrogen-bond donors (Lipinski definition) is 0. The van der Waals surface area contributed by atoms with E-state index in [-0.39, 0.29) is 61.7 Å². The quantitative estimate of drug-likeness (QED) is 0.0991. The molecule has 3 aromatic rings. The highest BCUT2D eigenvalue weighted by molar-refractivity contribution is 5.91. The molecule has 272 valence electrons. The van der Waals surface area contributed by atoms with Crippen LogP contribution in [0.1, 0.15) is 60.9 Å². The van der Waals surface area contributed by atoms with Gasteiger partial charge in [-0.3, -0.25) is 9.69 Å². The monoisotopic (exact) mass is 722 g/mol. The fourth-order valence-corrected chi connectivity index (χ4v) is 5.10. The van der Waals surface area contributed by atoms with Crippen molar-refractivity contribution >= 4 is 23.7 Å². The Morgan fingerprint density at radius 3 is 2.08 bits per heavy atom. The topological polar surface area (TPSA) is 94.1 Å². The molecule has 1 aromatic heterocycles. The average molecular weight is 723 g/mol. The minimum Gasteiger partial charge on any atom is -0.490 e. The lowest BCUT2D eigenvalue weighted by Crippen LogP contribution is -2.35. The molecule has 4 rings (SSSR count). The summed E-state index contributed by atoms with van der Waals surface area (Å²) in [6.07, 6.45) is -13.1. The van der Waals surface area contributed by atoms with Gasteiger partial charge < -0.3 is 19.1 Å². The van der Waals surface area contributed by atoms with Crippen molar-refractivity contribution in [1.82, 2.24) is 9.97 Å². The summed E-state index contributed by atoms with van der Waals surface area (Å²) >= 11 is 0. The summed E-state index contributed by atoms with van der Waals surface area (Å²) in [6.45, 7) is 2.21. The highest BCUT2D eigenvalue weighted by Gasteiger charge is 2.39. The van der Waals surface area contributed by atoms with Crippen molar-refractivity contribution < 1.29 is 63.3 Å². The van der Waals surface area contributed by atoms with E-state index in [2.05, 4.69) is 9.97 Å². The van der Waals surface area contributed by atoms with Crippen molar-refractivity contribution in [2.24, 2.45) is 0 Å². The van der Waals surface area contributed by atoms with Gasteiger partial charge >= 0.3 is 30.6 Å². The number of esters is 1. The summed E-state index contributed by atoms with van der Waals surface area (Å²) in [5.74, 6) is -0.654. The second-order valence-corrected chi connectivity index (χ2v) is 11.1. The Morgan fingerprint density at radius 1 is 0.900 bits per heavy atom. The maximum absolute atomic E-state index is 13.9. The number of hydrogen-bond acceptors (Lipinski definition) is 8. The van der Waals surface area contributed by atoms with Gasteiger partial charge in [0.2, 0.25) is 5.95 Å². The molecule has 1 saturated heterocycles. The summed E-state index contributed by atoms with van der Waals surface area (Å²) in [4.78, 5) is 34.7. The number of rotatable bonds is 13. The molecule has 18 heteroatoms. The Kier molecular flexibility index (Phi) is 11.7. The fraction of sp³-hybridized carbons (Fsp3) is 0.438. The number of halogens is 9. The van der Waals surface area contributed by atoms with Crippen LogP contribution in [-0.2, 0) is 45.9 Å². The fourth-order valence-electron chi connectivity index (χ4n) is 5.10. The number of nitrogens with zero attached hydrogens (tertiary/aromatic N) is 4. The van der Waals surface area contributed by atoms with Crippen molar-refractivity contribution in [3.63, 3.8) is 0 Å². The van der Waals surface area contributed by atoms with Crippen LogP contribution in [0.15, 0.2) is 48.8 Å². The predicted octanol–water partition coefficient (Wildman–Crippen LogP) is 8.20. The normalized spacial score (nSPS) is 15.2. The standard InChI is InChI=1S/C32H31F9N4O5/c1-3-24-18-50-29(47)45(24)26-8-7-21(30(33,34)35)12-20(26)17-44(16-19-10-22(31(36,37)38)13-23(11-19)32(39,40)41)28-42-14-25(15-43-28)49-9-5-6-27(46)48-4-2/h7-8,10-15,24H,3-6,9,16-18H2,1-2H3. The van der Waals surface area contributed by atoms with Gasteiger partial charge in [-0.05, 0) is 67.3 Å². The number of benzene rings is 2. The van der Waals surface area contributed by atoms with Gasteiger partial charge in [-0.2, -0.15) is 39.5 Å². The molecule has 1 amide bonds. The predicted molar refractivity (Wildman–Crippen MR) is 159 cm³/mol. The Hall–Kier alpha value is -4.77. The molecule has 1 aliphatic heterocycles. The lowest BCUT2D eigenvalue weighted by molar-refractivity contribution is -0.144. The number of carbonyl (C=O) groups is 2. The van der Waals surface area contributed by atoms with Crippen LogP contribution >= 0.6 is 0 Å². The molecular formula is C32H31F9N4O5. The molecule has 1 atom stereocenters. The van der Waals surface area contributed by atoms with Gasteiger partial charge in [-0.1, -0.05) is 6.92 Å². The Morgan fingerprint density at radius 2 is 1.52 bits per heavy atom. The molecule has 1 unspecified atom stereocenters. The van der Waals surface area contributed by atoms with Crippen molar-refractivity contribution in [3.8, 4) is 5.75 Å². The molecule has 9 nitrogen and oxygen atoms in total. The van der Waals surface area contributed by atoms with E-state index in [9.17, 15) is 49.1 Å². The number of aromatic nitrogens is 2. The third kappa shape index (κ3) is 9.68. The van der Waals surface area contributed by atoms with E-state index in [1.165, 1.54) is 0 Å². The summed E-state index contributed by atoms with van der Waals surface area (Å²) in [5, 5.41) is 0. The number of cyclic esters (lactones) is 1. The third-order valence-electron chi connectivity index (χ3n) is 7.48. The molecule has 0 bridgehead atoms. The second kappa shape index (κ2) is 15.4.